The molecule has 0 aromatic heterocycles. The predicted molar refractivity (Wildman–Crippen MR) is 226 cm³/mol. The molecule has 3 aliphatic carbocycles. The summed E-state index contributed by atoms with van der Waals surface area (Å²) in [4.78, 5) is 18.8. The first-order chi connectivity index (χ1) is 24.3. The van der Waals surface area contributed by atoms with Crippen LogP contribution in [0.25, 0.3) is 0 Å². The molecule has 50 heavy (non-hydrogen) atoms. The van der Waals surface area contributed by atoms with Crippen molar-refractivity contribution >= 4 is 11.5 Å². The Labute approximate surface area is 314 Å². The molecule has 3 nitrogen and oxygen atoms in total. The Morgan fingerprint density at radius 3 is 1.98 bits per heavy atom. The van der Waals surface area contributed by atoms with Gasteiger partial charge in [0.2, 0.25) is 0 Å². The van der Waals surface area contributed by atoms with Crippen LogP contribution in [-0.4, -0.2) is 25.1 Å². The van der Waals surface area contributed by atoms with Crippen molar-refractivity contribution in [1.29, 1.82) is 0 Å². The van der Waals surface area contributed by atoms with Crippen molar-refractivity contribution in [3.8, 4) is 0 Å². The van der Waals surface area contributed by atoms with Crippen molar-refractivity contribution < 1.29 is 12.4 Å². The summed E-state index contributed by atoms with van der Waals surface area (Å²) in [5.41, 5.74) is 8.68. The first-order valence-electron chi connectivity index (χ1n) is 21.5. The number of aryl methyl sites for hydroxylation is 2. The highest BCUT2D eigenvalue weighted by Gasteiger charge is 2.29. The lowest BCUT2D eigenvalue weighted by molar-refractivity contribution is 0.0908. The van der Waals surface area contributed by atoms with Crippen LogP contribution in [0.4, 0.5) is 0 Å². The molecule has 0 aliphatic heterocycles. The maximum Gasteiger partial charge on any atom is 0.166 e. The summed E-state index contributed by atoms with van der Waals surface area (Å²) in [5, 5.41) is 0. The van der Waals surface area contributed by atoms with Gasteiger partial charge >= 0.3 is 0 Å². The molecule has 0 bridgehead atoms. The molecule has 0 heterocycles. The zero-order chi connectivity index (χ0) is 37.3. The van der Waals surface area contributed by atoms with Crippen LogP contribution in [-0.2, 0) is 4.74 Å². The number of hydrogen-bond acceptors (Lipinski definition) is 3. The van der Waals surface area contributed by atoms with Crippen LogP contribution in [0.1, 0.15) is 214 Å². The average Bonchev–Trinajstić information content (AvgIpc) is 3.35. The number of Topliss-reactive ketones (excluding diaryl/α,β-unsaturated/α-hetero) is 1. The maximum atomic E-state index is 14.0. The second kappa shape index (κ2) is 27.5. The van der Waals surface area contributed by atoms with Gasteiger partial charge < -0.3 is 4.74 Å². The third kappa shape index (κ3) is 15.6. The number of hydrogen-bond donors (Lipinski definition) is 0. The van der Waals surface area contributed by atoms with Gasteiger partial charge in [-0.3, -0.25) is 9.79 Å². The second-order valence-corrected chi connectivity index (χ2v) is 14.7. The topological polar surface area (TPSA) is 38.7 Å². The minimum absolute atomic E-state index is 0. The molecule has 3 aliphatic rings. The van der Waals surface area contributed by atoms with Gasteiger partial charge in [0, 0.05) is 33.0 Å². The summed E-state index contributed by atoms with van der Waals surface area (Å²) in [6.07, 6.45) is 27.0. The highest BCUT2D eigenvalue weighted by atomic mass is 16.5. The zero-order valence-corrected chi connectivity index (χ0v) is 35.1. The third-order valence-corrected chi connectivity index (χ3v) is 10.8. The molecule has 290 valence electrons. The van der Waals surface area contributed by atoms with Gasteiger partial charge in [0.1, 0.15) is 0 Å². The Balaban J connectivity index is 0. The molecule has 1 aromatic rings. The number of ketones is 1. The van der Waals surface area contributed by atoms with E-state index in [1.807, 2.05) is 34.7 Å². The molecule has 0 saturated heterocycles. The Kier molecular flexibility index (Phi) is 25.2. The van der Waals surface area contributed by atoms with Gasteiger partial charge in [0.05, 0.1) is 12.4 Å². The van der Waals surface area contributed by atoms with E-state index >= 15 is 0 Å². The number of carbonyl (C=O) groups is 1. The number of allylic oxidation sites excluding steroid dienone is 4. The highest BCUT2D eigenvalue weighted by molar-refractivity contribution is 6.06. The van der Waals surface area contributed by atoms with Crippen molar-refractivity contribution in [3.05, 3.63) is 57.4 Å². The van der Waals surface area contributed by atoms with E-state index in [1.165, 1.54) is 112 Å². The van der Waals surface area contributed by atoms with Gasteiger partial charge in [-0.15, -0.1) is 0 Å². The molecule has 1 saturated carbocycles. The van der Waals surface area contributed by atoms with Crippen LogP contribution in [0.3, 0.4) is 0 Å². The number of ether oxygens (including phenoxy) is 1. The van der Waals surface area contributed by atoms with Crippen molar-refractivity contribution in [2.75, 3.05) is 13.7 Å². The quantitative estimate of drug-likeness (QED) is 0.104. The van der Waals surface area contributed by atoms with Gasteiger partial charge in [0.15, 0.2) is 5.78 Å². The van der Waals surface area contributed by atoms with Crippen LogP contribution >= 0.6 is 0 Å². The summed E-state index contributed by atoms with van der Waals surface area (Å²) in [6.45, 7) is 22.2. The van der Waals surface area contributed by atoms with E-state index in [9.17, 15) is 4.79 Å². The number of unbranched alkanes of at least 4 members (excludes halogenated alkanes) is 7. The largest absolute Gasteiger partial charge is 0.498 e. The summed E-state index contributed by atoms with van der Waals surface area (Å²) >= 11 is 0. The first kappa shape index (κ1) is 45.9. The van der Waals surface area contributed by atoms with Gasteiger partial charge in [-0.2, -0.15) is 0 Å². The number of carbonyl (C=O) groups excluding carboxylic acids is 1. The molecule has 4 rings (SSSR count). The van der Waals surface area contributed by atoms with Crippen molar-refractivity contribution in [3.63, 3.8) is 0 Å². The Morgan fingerprint density at radius 1 is 0.780 bits per heavy atom. The lowest BCUT2D eigenvalue weighted by Gasteiger charge is -2.25. The second-order valence-electron chi connectivity index (χ2n) is 14.7. The summed E-state index contributed by atoms with van der Waals surface area (Å²) in [7, 11) is 1.93. The van der Waals surface area contributed by atoms with Crippen molar-refractivity contribution in [2.45, 2.75) is 198 Å². The van der Waals surface area contributed by atoms with E-state index in [4.69, 9.17) is 9.73 Å². The molecule has 1 aromatic carbocycles. The first-order valence-corrected chi connectivity index (χ1v) is 21.5. The molecule has 0 spiro atoms. The standard InChI is InChI=1S/C37H55NO2.C6H14.2C2H6.2H2/c1-6-7-8-9-13-20-40-36-24-32-19-17-30(16-18-31(32)22-28(36)4)37(39)34-25-33(26(2)21-27(34)3)35(38-5)23-29-14-11-10-12-15-29;1-3-5-6-4-2;2*1-2;;/h21,24-25,28-30H,6-20,22-23H2,1-5H3;3-6H2,1-2H3;2*1-2H3;2*1H. The molecular formula is C47H85NO2. The van der Waals surface area contributed by atoms with Crippen LogP contribution < -0.4 is 0 Å². The molecule has 0 amide bonds. The molecule has 0 N–H and O–H groups in total. The normalized spacial score (nSPS) is 19.3. The Hall–Kier alpha value is -2.16. The fourth-order valence-electron chi connectivity index (χ4n) is 7.83. The SMILES string of the molecule is CC.CC.CCCCCC.CCCCCCCOC1=CC2=C(CCC(C(=O)c3cc(C(CC4CCCCC4)=NC)c(C)cc3C)CC2)CC1C.[HH].[HH]. The number of rotatable bonds is 15. The molecule has 1 fully saturated rings. The van der Waals surface area contributed by atoms with Crippen LogP contribution in [0.15, 0.2) is 40.1 Å². The van der Waals surface area contributed by atoms with E-state index in [2.05, 4.69) is 59.8 Å². The summed E-state index contributed by atoms with van der Waals surface area (Å²) < 4.78 is 6.29. The van der Waals surface area contributed by atoms with E-state index in [1.54, 1.807) is 5.57 Å². The molecule has 3 heteroatoms. The number of benzene rings is 1. The minimum Gasteiger partial charge on any atom is -0.498 e. The van der Waals surface area contributed by atoms with Crippen LogP contribution in [0.2, 0.25) is 0 Å². The average molecular weight is 696 g/mol. The number of aliphatic imine (C=N–C) groups is 1. The van der Waals surface area contributed by atoms with E-state index in [-0.39, 0.29) is 8.77 Å². The zero-order valence-electron chi connectivity index (χ0n) is 35.1. The molecule has 0 radical (unpaired) electrons. The lowest BCUT2D eigenvalue weighted by atomic mass is 9.82. The smallest absolute Gasteiger partial charge is 0.166 e. The third-order valence-electron chi connectivity index (χ3n) is 10.8. The fraction of sp³-hybridized carbons (Fsp3) is 0.745. The number of nitrogens with zero attached hydrogens (tertiary/aromatic N) is 1. The lowest BCUT2D eigenvalue weighted by Crippen LogP contribution is -2.18. The van der Waals surface area contributed by atoms with Gasteiger partial charge in [0.25, 0.3) is 0 Å². The van der Waals surface area contributed by atoms with Gasteiger partial charge in [-0.1, -0.05) is 151 Å². The maximum absolute atomic E-state index is 14.0. The van der Waals surface area contributed by atoms with Gasteiger partial charge in [-0.05, 0) is 99.1 Å². The van der Waals surface area contributed by atoms with Gasteiger partial charge in [-0.25, -0.2) is 0 Å². The van der Waals surface area contributed by atoms with Crippen molar-refractivity contribution in [2.24, 2.45) is 22.7 Å². The Bertz CT molecular complexity index is 1170. The van der Waals surface area contributed by atoms with Crippen molar-refractivity contribution in [1.82, 2.24) is 0 Å². The van der Waals surface area contributed by atoms with E-state index < -0.39 is 0 Å². The fourth-order valence-corrected chi connectivity index (χ4v) is 7.83. The molecular weight excluding hydrogens is 611 g/mol. The van der Waals surface area contributed by atoms with Crippen LogP contribution in [0, 0.1) is 31.6 Å². The van der Waals surface area contributed by atoms with E-state index in [0.717, 1.165) is 68.6 Å². The van der Waals surface area contributed by atoms with E-state index in [0.29, 0.717) is 11.7 Å². The predicted octanol–water partition coefficient (Wildman–Crippen LogP) is 15.4. The summed E-state index contributed by atoms with van der Waals surface area (Å²) in [6, 6.07) is 4.43. The molecule has 2 atom stereocenters. The minimum atomic E-state index is 0. The molecule has 2 unspecified atom stereocenters. The summed E-state index contributed by atoms with van der Waals surface area (Å²) in [5.74, 6) is 2.78. The Morgan fingerprint density at radius 2 is 1.36 bits per heavy atom. The highest BCUT2D eigenvalue weighted by Crippen LogP contribution is 2.39. The van der Waals surface area contributed by atoms with Crippen LogP contribution in [0.5, 0.6) is 0 Å². The monoisotopic (exact) mass is 696 g/mol.